The minimum Gasteiger partial charge on any atom is -0.496 e. The Balaban J connectivity index is 3.10. The minimum atomic E-state index is -0.378. The van der Waals surface area contributed by atoms with E-state index in [2.05, 4.69) is 0 Å². The van der Waals surface area contributed by atoms with Crippen LogP contribution in [-0.4, -0.2) is 24.8 Å². The average molecular weight is 249 g/mol. The Morgan fingerprint density at radius 3 is 2.67 bits per heavy atom. The van der Waals surface area contributed by atoms with Gasteiger partial charge >= 0.3 is 5.97 Å². The van der Waals surface area contributed by atoms with E-state index in [0.717, 1.165) is 0 Å². The Bertz CT molecular complexity index is 477. The van der Waals surface area contributed by atoms with Gasteiger partial charge in [-0.1, -0.05) is 0 Å². The Morgan fingerprint density at radius 1 is 1.44 bits per heavy atom. The molecule has 0 fully saturated rings. The Hall–Kier alpha value is -2.06. The molecule has 96 valence electrons. The minimum absolute atomic E-state index is 0.0391. The molecule has 0 saturated heterocycles. The van der Waals surface area contributed by atoms with E-state index in [1.165, 1.54) is 7.11 Å². The topological polar surface area (TPSA) is 79.6 Å². The first kappa shape index (κ1) is 14.0. The van der Waals surface area contributed by atoms with Gasteiger partial charge in [0.25, 0.3) is 0 Å². The fourth-order valence-electron chi connectivity index (χ4n) is 1.60. The van der Waals surface area contributed by atoms with E-state index in [9.17, 15) is 4.79 Å². The van der Waals surface area contributed by atoms with Gasteiger partial charge in [0, 0.05) is 5.56 Å². The van der Waals surface area contributed by atoms with Crippen LogP contribution >= 0.6 is 0 Å². The molecule has 0 unspecified atom stereocenters. The molecule has 0 aromatic heterocycles. The second kappa shape index (κ2) is 6.62. The summed E-state index contributed by atoms with van der Waals surface area (Å²) >= 11 is 0. The van der Waals surface area contributed by atoms with Gasteiger partial charge < -0.3 is 14.6 Å². The Kier molecular flexibility index (Phi) is 5.15. The van der Waals surface area contributed by atoms with Crippen LogP contribution < -0.4 is 4.74 Å². The first-order valence-electron chi connectivity index (χ1n) is 5.52. The number of ether oxygens (including phenoxy) is 2. The van der Waals surface area contributed by atoms with Gasteiger partial charge in [0.1, 0.15) is 5.75 Å². The number of nitriles is 1. The number of rotatable bonds is 5. The van der Waals surface area contributed by atoms with Gasteiger partial charge in [-0.2, -0.15) is 5.26 Å². The summed E-state index contributed by atoms with van der Waals surface area (Å²) in [5, 5.41) is 18.1. The van der Waals surface area contributed by atoms with Crippen molar-refractivity contribution in [3.05, 3.63) is 28.8 Å². The lowest BCUT2D eigenvalue weighted by Gasteiger charge is -2.11. The van der Waals surface area contributed by atoms with E-state index in [4.69, 9.17) is 19.8 Å². The van der Waals surface area contributed by atoms with E-state index in [1.54, 1.807) is 19.1 Å². The molecule has 1 rings (SSSR count). The average Bonchev–Trinajstić information content (AvgIpc) is 2.38. The highest BCUT2D eigenvalue weighted by molar-refractivity contribution is 5.74. The maximum Gasteiger partial charge on any atom is 0.310 e. The first-order valence-corrected chi connectivity index (χ1v) is 5.52. The smallest absolute Gasteiger partial charge is 0.310 e. The molecular weight excluding hydrogens is 234 g/mol. The number of hydrogen-bond donors (Lipinski definition) is 1. The van der Waals surface area contributed by atoms with Crippen LogP contribution in [0.15, 0.2) is 12.1 Å². The van der Waals surface area contributed by atoms with Crippen molar-refractivity contribution in [2.45, 2.75) is 20.0 Å². The lowest BCUT2D eigenvalue weighted by atomic mass is 10.0. The third-order valence-corrected chi connectivity index (χ3v) is 2.44. The molecule has 0 aliphatic rings. The zero-order chi connectivity index (χ0) is 13.5. The van der Waals surface area contributed by atoms with Gasteiger partial charge in [0.05, 0.1) is 38.4 Å². The molecule has 0 bridgehead atoms. The van der Waals surface area contributed by atoms with Crippen molar-refractivity contribution in [2.24, 2.45) is 0 Å². The lowest BCUT2D eigenvalue weighted by molar-refractivity contribution is -0.142. The van der Waals surface area contributed by atoms with Crippen molar-refractivity contribution in [3.63, 3.8) is 0 Å². The molecule has 0 saturated carbocycles. The fraction of sp³-hybridized carbons (Fsp3) is 0.385. The van der Waals surface area contributed by atoms with Gasteiger partial charge in [-0.3, -0.25) is 4.79 Å². The highest BCUT2D eigenvalue weighted by atomic mass is 16.5. The SMILES string of the molecule is CCOC(=O)Cc1cc(C#N)c(CO)cc1OC. The largest absolute Gasteiger partial charge is 0.496 e. The lowest BCUT2D eigenvalue weighted by Crippen LogP contribution is -2.09. The third kappa shape index (κ3) is 3.22. The summed E-state index contributed by atoms with van der Waals surface area (Å²) in [5.41, 5.74) is 1.38. The van der Waals surface area contributed by atoms with E-state index >= 15 is 0 Å². The predicted molar refractivity (Wildman–Crippen MR) is 64.0 cm³/mol. The molecule has 0 aliphatic heterocycles. The summed E-state index contributed by atoms with van der Waals surface area (Å²) in [6.07, 6.45) is 0.0391. The van der Waals surface area contributed by atoms with Crippen molar-refractivity contribution in [3.8, 4) is 11.8 Å². The molecule has 0 heterocycles. The van der Waals surface area contributed by atoms with E-state index in [-0.39, 0.29) is 19.0 Å². The predicted octanol–water partition coefficient (Wildman–Crippen LogP) is 1.16. The number of hydrogen-bond acceptors (Lipinski definition) is 5. The highest BCUT2D eigenvalue weighted by Gasteiger charge is 2.13. The van der Waals surface area contributed by atoms with Crippen LogP contribution in [0.5, 0.6) is 5.75 Å². The molecule has 0 atom stereocenters. The zero-order valence-electron chi connectivity index (χ0n) is 10.4. The molecule has 5 heteroatoms. The van der Waals surface area contributed by atoms with Gasteiger partial charge in [-0.25, -0.2) is 0 Å². The van der Waals surface area contributed by atoms with Crippen LogP contribution in [0.2, 0.25) is 0 Å². The molecule has 1 aromatic rings. The maximum absolute atomic E-state index is 11.4. The second-order valence-corrected chi connectivity index (χ2v) is 3.57. The van der Waals surface area contributed by atoms with Crippen LogP contribution in [0.1, 0.15) is 23.6 Å². The summed E-state index contributed by atoms with van der Waals surface area (Å²) in [4.78, 5) is 11.4. The number of esters is 1. The molecule has 1 N–H and O–H groups in total. The van der Waals surface area contributed by atoms with Crippen LogP contribution in [0.25, 0.3) is 0 Å². The van der Waals surface area contributed by atoms with Gasteiger partial charge in [-0.05, 0) is 24.6 Å². The van der Waals surface area contributed by atoms with Gasteiger partial charge in [0.2, 0.25) is 0 Å². The van der Waals surface area contributed by atoms with Crippen molar-refractivity contribution < 1.29 is 19.4 Å². The van der Waals surface area contributed by atoms with E-state index in [1.807, 2.05) is 6.07 Å². The van der Waals surface area contributed by atoms with Gasteiger partial charge in [-0.15, -0.1) is 0 Å². The first-order chi connectivity index (χ1) is 8.65. The summed E-state index contributed by atoms with van der Waals surface area (Å²) in [5.74, 6) is 0.0857. The van der Waals surface area contributed by atoms with Crippen LogP contribution in [0, 0.1) is 11.3 Å². The summed E-state index contributed by atoms with van der Waals surface area (Å²) in [6, 6.07) is 5.08. The molecule has 18 heavy (non-hydrogen) atoms. The number of carbonyl (C=O) groups excluding carboxylic acids is 1. The van der Waals surface area contributed by atoms with Crippen molar-refractivity contribution in [1.29, 1.82) is 5.26 Å². The van der Waals surface area contributed by atoms with Crippen LogP contribution in [0.3, 0.4) is 0 Å². The summed E-state index contributed by atoms with van der Waals surface area (Å²) in [6.45, 7) is 1.78. The second-order valence-electron chi connectivity index (χ2n) is 3.57. The molecule has 0 aliphatic carbocycles. The quantitative estimate of drug-likeness (QED) is 0.792. The normalized spacial score (nSPS) is 9.67. The third-order valence-electron chi connectivity index (χ3n) is 2.44. The molecule has 0 spiro atoms. The van der Waals surface area contributed by atoms with Crippen molar-refractivity contribution in [1.82, 2.24) is 0 Å². The maximum atomic E-state index is 11.4. The van der Waals surface area contributed by atoms with E-state index < -0.39 is 0 Å². The Morgan fingerprint density at radius 2 is 2.17 bits per heavy atom. The highest BCUT2D eigenvalue weighted by Crippen LogP contribution is 2.24. The van der Waals surface area contributed by atoms with Gasteiger partial charge in [0.15, 0.2) is 0 Å². The fourth-order valence-corrected chi connectivity index (χ4v) is 1.60. The molecule has 0 radical (unpaired) electrons. The van der Waals surface area contributed by atoms with Crippen LogP contribution in [0.4, 0.5) is 0 Å². The monoisotopic (exact) mass is 249 g/mol. The number of aliphatic hydroxyl groups excluding tert-OH is 1. The summed E-state index contributed by atoms with van der Waals surface area (Å²) in [7, 11) is 1.47. The number of aliphatic hydroxyl groups is 1. The molecule has 0 amide bonds. The number of carbonyl (C=O) groups is 1. The van der Waals surface area contributed by atoms with Crippen LogP contribution in [-0.2, 0) is 22.6 Å². The number of nitrogens with zero attached hydrogens (tertiary/aromatic N) is 1. The molecule has 5 nitrogen and oxygen atoms in total. The molecule has 1 aromatic carbocycles. The zero-order valence-corrected chi connectivity index (χ0v) is 10.4. The Labute approximate surface area is 106 Å². The summed E-state index contributed by atoms with van der Waals surface area (Å²) < 4.78 is 9.99. The molecular formula is C13H15NO4. The standard InChI is InChI=1S/C13H15NO4/c1-3-18-13(16)6-9-4-10(7-14)11(8-15)5-12(9)17-2/h4-5,15H,3,6,8H2,1-2H3. The van der Waals surface area contributed by atoms with Crippen molar-refractivity contribution >= 4 is 5.97 Å². The van der Waals surface area contributed by atoms with Crippen molar-refractivity contribution in [2.75, 3.05) is 13.7 Å². The van der Waals surface area contributed by atoms with E-state index in [0.29, 0.717) is 29.0 Å². The number of benzene rings is 1. The number of methoxy groups -OCH3 is 1.